The summed E-state index contributed by atoms with van der Waals surface area (Å²) >= 11 is 0. The number of nitrogens with zero attached hydrogens (tertiary/aromatic N) is 2. The van der Waals surface area contributed by atoms with Crippen LogP contribution in [0.15, 0.2) is 24.3 Å². The van der Waals surface area contributed by atoms with E-state index < -0.39 is 6.04 Å². The summed E-state index contributed by atoms with van der Waals surface area (Å²) in [5.74, 6) is 0.316. The first-order valence-corrected chi connectivity index (χ1v) is 9.39. The molecule has 0 bridgehead atoms. The highest BCUT2D eigenvalue weighted by molar-refractivity contribution is 5.95. The van der Waals surface area contributed by atoms with Gasteiger partial charge in [-0.2, -0.15) is 0 Å². The normalized spacial score (nSPS) is 17.0. The largest absolute Gasteiger partial charge is 0.378 e. The van der Waals surface area contributed by atoms with Gasteiger partial charge in [0.15, 0.2) is 0 Å². The van der Waals surface area contributed by atoms with Gasteiger partial charge in [-0.25, -0.2) is 0 Å². The van der Waals surface area contributed by atoms with Crippen LogP contribution in [0.3, 0.4) is 0 Å². The maximum atomic E-state index is 12.7. The van der Waals surface area contributed by atoms with Gasteiger partial charge >= 0.3 is 0 Å². The van der Waals surface area contributed by atoms with Crippen LogP contribution in [0.4, 0.5) is 5.69 Å². The molecule has 0 aromatic heterocycles. The van der Waals surface area contributed by atoms with Crippen LogP contribution in [0, 0.1) is 0 Å². The number of para-hydroxylation sites is 1. The summed E-state index contributed by atoms with van der Waals surface area (Å²) in [6.45, 7) is 8.74. The van der Waals surface area contributed by atoms with Crippen molar-refractivity contribution in [3.8, 4) is 0 Å². The Bertz CT molecular complexity index is 614. The Morgan fingerprint density at radius 1 is 1.23 bits per heavy atom. The summed E-state index contributed by atoms with van der Waals surface area (Å²) < 4.78 is 5.27. The molecule has 0 radical (unpaired) electrons. The SMILES string of the molecule is CC[C@H](C)c1ccccc1NC(=O)[C@H](C)N(C)CC(=O)N1CCOCC1. The topological polar surface area (TPSA) is 61.9 Å². The van der Waals surface area contributed by atoms with E-state index in [4.69, 9.17) is 4.74 Å². The first-order valence-electron chi connectivity index (χ1n) is 9.39. The molecule has 1 aliphatic rings. The molecule has 144 valence electrons. The fourth-order valence-electron chi connectivity index (χ4n) is 2.96. The van der Waals surface area contributed by atoms with Crippen molar-refractivity contribution in [2.24, 2.45) is 0 Å². The van der Waals surface area contributed by atoms with Gasteiger partial charge in [0, 0.05) is 18.8 Å². The van der Waals surface area contributed by atoms with Crippen molar-refractivity contribution in [3.05, 3.63) is 29.8 Å². The number of nitrogens with one attached hydrogen (secondary N) is 1. The number of amides is 2. The zero-order valence-corrected chi connectivity index (χ0v) is 16.3. The summed E-state index contributed by atoms with van der Waals surface area (Å²) in [6.07, 6.45) is 1.01. The maximum Gasteiger partial charge on any atom is 0.241 e. The molecular formula is C20H31N3O3. The molecule has 6 nitrogen and oxygen atoms in total. The minimum absolute atomic E-state index is 0.0375. The summed E-state index contributed by atoms with van der Waals surface area (Å²) in [4.78, 5) is 28.6. The second-order valence-electron chi connectivity index (χ2n) is 6.97. The molecule has 1 heterocycles. The molecule has 26 heavy (non-hydrogen) atoms. The van der Waals surface area contributed by atoms with E-state index in [1.165, 1.54) is 0 Å². The van der Waals surface area contributed by atoms with E-state index in [2.05, 4.69) is 25.2 Å². The van der Waals surface area contributed by atoms with Crippen molar-refractivity contribution in [1.82, 2.24) is 9.80 Å². The number of ether oxygens (including phenoxy) is 1. The Balaban J connectivity index is 1.95. The van der Waals surface area contributed by atoms with Gasteiger partial charge in [-0.3, -0.25) is 14.5 Å². The Morgan fingerprint density at radius 3 is 2.54 bits per heavy atom. The van der Waals surface area contributed by atoms with E-state index in [0.717, 1.165) is 17.7 Å². The van der Waals surface area contributed by atoms with E-state index in [-0.39, 0.29) is 18.4 Å². The van der Waals surface area contributed by atoms with Crippen LogP contribution in [-0.4, -0.2) is 67.6 Å². The predicted molar refractivity (Wildman–Crippen MR) is 103 cm³/mol. The molecule has 2 atom stereocenters. The highest BCUT2D eigenvalue weighted by Gasteiger charge is 2.24. The molecule has 1 fully saturated rings. The van der Waals surface area contributed by atoms with Crippen LogP contribution in [0.25, 0.3) is 0 Å². The predicted octanol–water partition coefficient (Wildman–Crippen LogP) is 2.32. The molecule has 0 unspecified atom stereocenters. The van der Waals surface area contributed by atoms with Crippen LogP contribution in [-0.2, 0) is 14.3 Å². The van der Waals surface area contributed by atoms with E-state index >= 15 is 0 Å². The van der Waals surface area contributed by atoms with Crippen molar-refractivity contribution in [2.45, 2.75) is 39.2 Å². The Morgan fingerprint density at radius 2 is 1.88 bits per heavy atom. The van der Waals surface area contributed by atoms with Gasteiger partial charge in [0.05, 0.1) is 25.8 Å². The Kier molecular flexibility index (Phi) is 7.60. The minimum Gasteiger partial charge on any atom is -0.378 e. The second kappa shape index (κ2) is 9.69. The van der Waals surface area contributed by atoms with E-state index in [1.807, 2.05) is 32.2 Å². The fourth-order valence-corrected chi connectivity index (χ4v) is 2.96. The fraction of sp³-hybridized carbons (Fsp3) is 0.600. The third-order valence-electron chi connectivity index (χ3n) is 5.15. The third kappa shape index (κ3) is 5.29. The molecule has 6 heteroatoms. The summed E-state index contributed by atoms with van der Waals surface area (Å²) in [5.41, 5.74) is 1.99. The molecule has 0 saturated carbocycles. The smallest absolute Gasteiger partial charge is 0.241 e. The van der Waals surface area contributed by atoms with E-state index in [9.17, 15) is 9.59 Å². The number of carbonyl (C=O) groups is 2. The molecule has 1 aromatic carbocycles. The number of anilines is 1. The van der Waals surface area contributed by atoms with Gasteiger partial charge in [0.1, 0.15) is 0 Å². The number of likely N-dealkylation sites (N-methyl/N-ethyl adjacent to an activating group) is 1. The lowest BCUT2D eigenvalue weighted by atomic mass is 9.97. The maximum absolute atomic E-state index is 12.7. The lowest BCUT2D eigenvalue weighted by Gasteiger charge is -2.30. The first-order chi connectivity index (χ1) is 12.4. The average molecular weight is 361 g/mol. The van der Waals surface area contributed by atoms with Gasteiger partial charge in [-0.1, -0.05) is 32.0 Å². The lowest BCUT2D eigenvalue weighted by molar-refractivity contribution is -0.137. The van der Waals surface area contributed by atoms with Crippen LogP contribution in [0.2, 0.25) is 0 Å². The van der Waals surface area contributed by atoms with Crippen LogP contribution < -0.4 is 5.32 Å². The van der Waals surface area contributed by atoms with E-state index in [1.54, 1.807) is 9.80 Å². The Labute approximate surface area is 156 Å². The quantitative estimate of drug-likeness (QED) is 0.810. The van der Waals surface area contributed by atoms with Crippen LogP contribution >= 0.6 is 0 Å². The van der Waals surface area contributed by atoms with Crippen molar-refractivity contribution < 1.29 is 14.3 Å². The summed E-state index contributed by atoms with van der Waals surface area (Å²) in [6, 6.07) is 7.52. The number of carbonyl (C=O) groups excluding carboxylic acids is 2. The molecular weight excluding hydrogens is 330 g/mol. The van der Waals surface area contributed by atoms with Gasteiger partial charge < -0.3 is 15.0 Å². The molecule has 0 aliphatic carbocycles. The first kappa shape index (κ1) is 20.4. The standard InChI is InChI=1S/C20H31N3O3/c1-5-15(2)17-8-6-7-9-18(17)21-20(25)16(3)22(4)14-19(24)23-10-12-26-13-11-23/h6-9,15-16H,5,10-14H2,1-4H3,(H,21,25)/t15-,16-/m0/s1. The highest BCUT2D eigenvalue weighted by atomic mass is 16.5. The number of rotatable bonds is 7. The summed E-state index contributed by atoms with van der Waals surface area (Å²) in [5, 5.41) is 3.03. The zero-order valence-electron chi connectivity index (χ0n) is 16.3. The molecule has 1 N–H and O–H groups in total. The Hall–Kier alpha value is -1.92. The van der Waals surface area contributed by atoms with Crippen LogP contribution in [0.1, 0.15) is 38.7 Å². The lowest BCUT2D eigenvalue weighted by Crippen LogP contribution is -2.48. The number of hydrogen-bond acceptors (Lipinski definition) is 4. The average Bonchev–Trinajstić information content (AvgIpc) is 2.67. The zero-order chi connectivity index (χ0) is 19.1. The third-order valence-corrected chi connectivity index (χ3v) is 5.15. The van der Waals surface area contributed by atoms with Gasteiger partial charge in [0.25, 0.3) is 0 Å². The summed E-state index contributed by atoms with van der Waals surface area (Å²) in [7, 11) is 1.81. The van der Waals surface area contributed by atoms with Gasteiger partial charge in [-0.15, -0.1) is 0 Å². The number of morpholine rings is 1. The second-order valence-corrected chi connectivity index (χ2v) is 6.97. The highest BCUT2D eigenvalue weighted by Crippen LogP contribution is 2.26. The van der Waals surface area contributed by atoms with Crippen molar-refractivity contribution in [2.75, 3.05) is 45.2 Å². The molecule has 1 aromatic rings. The molecule has 1 saturated heterocycles. The van der Waals surface area contributed by atoms with Crippen molar-refractivity contribution in [3.63, 3.8) is 0 Å². The molecule has 0 spiro atoms. The number of benzene rings is 1. The van der Waals surface area contributed by atoms with Gasteiger partial charge in [-0.05, 0) is 37.9 Å². The van der Waals surface area contributed by atoms with E-state index in [0.29, 0.717) is 32.2 Å². The van der Waals surface area contributed by atoms with Gasteiger partial charge in [0.2, 0.25) is 11.8 Å². The van der Waals surface area contributed by atoms with Crippen molar-refractivity contribution >= 4 is 17.5 Å². The number of hydrogen-bond donors (Lipinski definition) is 1. The van der Waals surface area contributed by atoms with Crippen LogP contribution in [0.5, 0.6) is 0 Å². The monoisotopic (exact) mass is 361 g/mol. The molecule has 2 amide bonds. The van der Waals surface area contributed by atoms with Crippen molar-refractivity contribution in [1.29, 1.82) is 0 Å². The minimum atomic E-state index is -0.398. The molecule has 2 rings (SSSR count). The molecule has 1 aliphatic heterocycles.